The summed E-state index contributed by atoms with van der Waals surface area (Å²) in [6.07, 6.45) is -4.44. The first-order valence-electron chi connectivity index (χ1n) is 10.0. The predicted octanol–water partition coefficient (Wildman–Crippen LogP) is 5.84. The van der Waals surface area contributed by atoms with Gasteiger partial charge in [0.05, 0.1) is 22.0 Å². The zero-order chi connectivity index (χ0) is 23.6. The number of carbonyl (C=O) groups is 1. The molecule has 4 N–H and O–H groups in total. The number of nitrogens with one attached hydrogen (secondary N) is 2. The largest absolute Gasteiger partial charge is 0.416 e. The molecule has 5 nitrogen and oxygen atoms in total. The molecule has 3 aromatic carbocycles. The number of thioether (sulfide) groups is 1. The second kappa shape index (κ2) is 9.54. The molecule has 0 saturated carbocycles. The molecule has 2 amide bonds. The van der Waals surface area contributed by atoms with E-state index in [0.717, 1.165) is 28.3 Å². The SMILES string of the molecule is NCc1cccc(Cl)c1N1c2ccccc2SC1NC(=O)NCc1cccc(C(F)(F)F)c1. The number of rotatable bonds is 5. The summed E-state index contributed by atoms with van der Waals surface area (Å²) in [5.41, 5.74) is 7.37. The fraction of sp³-hybridized carbons (Fsp3) is 0.174. The Labute approximate surface area is 198 Å². The summed E-state index contributed by atoms with van der Waals surface area (Å²) >= 11 is 7.95. The Morgan fingerprint density at radius 2 is 1.85 bits per heavy atom. The van der Waals surface area contributed by atoms with Gasteiger partial charge in [0.25, 0.3) is 0 Å². The molecule has 10 heteroatoms. The van der Waals surface area contributed by atoms with Crippen LogP contribution in [0.5, 0.6) is 0 Å². The molecule has 0 fully saturated rings. The number of hydrogen-bond acceptors (Lipinski definition) is 4. The van der Waals surface area contributed by atoms with Gasteiger partial charge >= 0.3 is 12.2 Å². The molecule has 1 heterocycles. The Morgan fingerprint density at radius 3 is 2.61 bits per heavy atom. The minimum atomic E-state index is -4.44. The topological polar surface area (TPSA) is 70.4 Å². The van der Waals surface area contributed by atoms with Crippen LogP contribution in [0, 0.1) is 0 Å². The maximum atomic E-state index is 12.9. The number of nitrogens with two attached hydrogens (primary N) is 1. The van der Waals surface area contributed by atoms with Gasteiger partial charge in [0.15, 0.2) is 5.50 Å². The summed E-state index contributed by atoms with van der Waals surface area (Å²) in [7, 11) is 0. The van der Waals surface area contributed by atoms with E-state index < -0.39 is 23.3 Å². The highest BCUT2D eigenvalue weighted by molar-refractivity contribution is 8.00. The van der Waals surface area contributed by atoms with Crippen LogP contribution in [-0.4, -0.2) is 11.5 Å². The first-order chi connectivity index (χ1) is 15.8. The van der Waals surface area contributed by atoms with Crippen LogP contribution in [0.25, 0.3) is 0 Å². The number of amides is 2. The lowest BCUT2D eigenvalue weighted by Crippen LogP contribution is -2.46. The normalized spacial score (nSPS) is 15.3. The van der Waals surface area contributed by atoms with Crippen molar-refractivity contribution in [3.8, 4) is 0 Å². The highest BCUT2D eigenvalue weighted by atomic mass is 35.5. The molecule has 1 aliphatic heterocycles. The van der Waals surface area contributed by atoms with Crippen LogP contribution < -0.4 is 21.3 Å². The molecular weight excluding hydrogens is 473 g/mol. The smallest absolute Gasteiger partial charge is 0.334 e. The van der Waals surface area contributed by atoms with E-state index in [4.69, 9.17) is 17.3 Å². The Kier molecular flexibility index (Phi) is 6.73. The van der Waals surface area contributed by atoms with Gasteiger partial charge in [0.1, 0.15) is 0 Å². The van der Waals surface area contributed by atoms with Gasteiger partial charge in [-0.2, -0.15) is 13.2 Å². The molecule has 4 rings (SSSR count). The second-order valence-electron chi connectivity index (χ2n) is 7.28. The zero-order valence-corrected chi connectivity index (χ0v) is 18.8. The minimum Gasteiger partial charge on any atom is -0.334 e. The van der Waals surface area contributed by atoms with Gasteiger partial charge < -0.3 is 21.3 Å². The van der Waals surface area contributed by atoms with E-state index in [9.17, 15) is 18.0 Å². The molecule has 1 aliphatic rings. The monoisotopic (exact) mass is 492 g/mol. The lowest BCUT2D eigenvalue weighted by molar-refractivity contribution is -0.137. The van der Waals surface area contributed by atoms with E-state index in [1.54, 1.807) is 6.07 Å². The zero-order valence-electron chi connectivity index (χ0n) is 17.2. The summed E-state index contributed by atoms with van der Waals surface area (Å²) in [5, 5.41) is 6.01. The van der Waals surface area contributed by atoms with Crippen LogP contribution in [0.2, 0.25) is 5.02 Å². The molecule has 0 bridgehead atoms. The molecule has 3 aromatic rings. The third-order valence-corrected chi connectivity index (χ3v) is 6.55. The van der Waals surface area contributed by atoms with Crippen LogP contribution in [0.3, 0.4) is 0 Å². The molecule has 0 radical (unpaired) electrons. The number of benzene rings is 3. The average Bonchev–Trinajstić information content (AvgIpc) is 3.14. The number of halogens is 4. The molecule has 0 saturated heterocycles. The molecule has 0 spiro atoms. The maximum Gasteiger partial charge on any atom is 0.416 e. The Hall–Kier alpha value is -2.88. The Bertz CT molecular complexity index is 1170. The van der Waals surface area contributed by atoms with Crippen molar-refractivity contribution in [1.29, 1.82) is 0 Å². The highest BCUT2D eigenvalue weighted by Crippen LogP contribution is 2.49. The van der Waals surface area contributed by atoms with E-state index in [2.05, 4.69) is 10.6 Å². The molecule has 0 aromatic heterocycles. The maximum absolute atomic E-state index is 12.9. The van der Waals surface area contributed by atoms with Crippen molar-refractivity contribution in [2.45, 2.75) is 29.7 Å². The van der Waals surface area contributed by atoms with Crippen molar-refractivity contribution in [3.05, 3.63) is 88.4 Å². The van der Waals surface area contributed by atoms with Crippen molar-refractivity contribution >= 4 is 40.8 Å². The van der Waals surface area contributed by atoms with E-state index in [1.165, 1.54) is 23.9 Å². The fourth-order valence-electron chi connectivity index (χ4n) is 3.58. The summed E-state index contributed by atoms with van der Waals surface area (Å²) in [4.78, 5) is 15.5. The fourth-order valence-corrected chi connectivity index (χ4v) is 5.04. The summed E-state index contributed by atoms with van der Waals surface area (Å²) in [5.74, 6) is 0. The van der Waals surface area contributed by atoms with Gasteiger partial charge in [-0.25, -0.2) is 4.79 Å². The van der Waals surface area contributed by atoms with Crippen molar-refractivity contribution < 1.29 is 18.0 Å². The van der Waals surface area contributed by atoms with Crippen molar-refractivity contribution in [2.75, 3.05) is 4.90 Å². The van der Waals surface area contributed by atoms with Crippen LogP contribution >= 0.6 is 23.4 Å². The van der Waals surface area contributed by atoms with Crippen molar-refractivity contribution in [2.24, 2.45) is 5.73 Å². The molecule has 1 atom stereocenters. The summed E-state index contributed by atoms with van der Waals surface area (Å²) in [6, 6.07) is 17.4. The number of anilines is 2. The van der Waals surface area contributed by atoms with E-state index in [0.29, 0.717) is 16.3 Å². The van der Waals surface area contributed by atoms with Gasteiger partial charge in [0, 0.05) is 18.0 Å². The lowest BCUT2D eigenvalue weighted by atomic mass is 10.1. The molecule has 0 aliphatic carbocycles. The Balaban J connectivity index is 1.53. The highest BCUT2D eigenvalue weighted by Gasteiger charge is 2.34. The second-order valence-corrected chi connectivity index (χ2v) is 8.81. The van der Waals surface area contributed by atoms with E-state index >= 15 is 0 Å². The number of hydrogen-bond donors (Lipinski definition) is 3. The molecular formula is C23H20ClF3N4OS. The third kappa shape index (κ3) is 5.05. The lowest BCUT2D eigenvalue weighted by Gasteiger charge is -2.30. The predicted molar refractivity (Wildman–Crippen MR) is 124 cm³/mol. The van der Waals surface area contributed by atoms with Gasteiger partial charge in [0.2, 0.25) is 0 Å². The summed E-state index contributed by atoms with van der Waals surface area (Å²) < 4.78 is 38.8. The minimum absolute atomic E-state index is 0.0553. The molecule has 1 unspecified atom stereocenters. The molecule has 33 heavy (non-hydrogen) atoms. The third-order valence-electron chi connectivity index (χ3n) is 5.09. The average molecular weight is 493 g/mol. The summed E-state index contributed by atoms with van der Waals surface area (Å²) in [6.45, 7) is 0.202. The first kappa shape index (κ1) is 23.3. The van der Waals surface area contributed by atoms with Gasteiger partial charge in [-0.05, 0) is 41.5 Å². The number of para-hydroxylation sites is 2. The number of fused-ring (bicyclic) bond motifs is 1. The number of nitrogens with zero attached hydrogens (tertiary/aromatic N) is 1. The number of carbonyl (C=O) groups excluding carboxylic acids is 1. The van der Waals surface area contributed by atoms with Crippen molar-refractivity contribution in [1.82, 2.24) is 10.6 Å². The van der Waals surface area contributed by atoms with Gasteiger partial charge in [-0.1, -0.05) is 59.8 Å². The van der Waals surface area contributed by atoms with E-state index in [-0.39, 0.29) is 13.1 Å². The number of urea groups is 1. The molecule has 172 valence electrons. The standard InChI is InChI=1S/C23H20ClF3N4OS/c24-17-8-4-6-15(12-28)20(17)31-18-9-1-2-10-19(18)33-22(31)30-21(32)29-13-14-5-3-7-16(11-14)23(25,26)27/h1-11,22H,12-13,28H2,(H2,29,30,32). The van der Waals surface area contributed by atoms with Crippen LogP contribution in [0.1, 0.15) is 16.7 Å². The quantitative estimate of drug-likeness (QED) is 0.418. The first-order valence-corrected chi connectivity index (χ1v) is 11.3. The van der Waals surface area contributed by atoms with Crippen LogP contribution in [0.15, 0.2) is 71.6 Å². The Morgan fingerprint density at radius 1 is 1.09 bits per heavy atom. The van der Waals surface area contributed by atoms with Gasteiger partial charge in [-0.3, -0.25) is 0 Å². The van der Waals surface area contributed by atoms with Crippen LogP contribution in [-0.2, 0) is 19.3 Å². The van der Waals surface area contributed by atoms with Gasteiger partial charge in [-0.15, -0.1) is 0 Å². The van der Waals surface area contributed by atoms with Crippen molar-refractivity contribution in [3.63, 3.8) is 0 Å². The van der Waals surface area contributed by atoms with Crippen LogP contribution in [0.4, 0.5) is 29.3 Å². The number of alkyl halides is 3. The van der Waals surface area contributed by atoms with E-state index in [1.807, 2.05) is 41.3 Å².